The number of aromatic hydroxyl groups is 1. The first-order chi connectivity index (χ1) is 10.2. The summed E-state index contributed by atoms with van der Waals surface area (Å²) in [5.41, 5.74) is 2.53. The third kappa shape index (κ3) is 1.90. The smallest absolute Gasteiger partial charge is 0.181 e. The highest BCUT2D eigenvalue weighted by molar-refractivity contribution is 5.66. The van der Waals surface area contributed by atoms with Gasteiger partial charge >= 0.3 is 0 Å². The van der Waals surface area contributed by atoms with Gasteiger partial charge in [-0.25, -0.2) is 9.67 Å². The normalized spacial score (nSPS) is 16.3. The Kier molecular flexibility index (Phi) is 2.55. The molecule has 2 N–H and O–H groups in total. The number of aliphatic hydroxyl groups is 1. The molecular formula is C16H13N3O2. The minimum Gasteiger partial charge on any atom is -0.508 e. The minimum absolute atomic E-state index is 0.181. The van der Waals surface area contributed by atoms with Crippen LogP contribution in [-0.2, 0) is 6.54 Å². The molecule has 0 unspecified atom stereocenters. The van der Waals surface area contributed by atoms with Gasteiger partial charge in [-0.1, -0.05) is 36.4 Å². The van der Waals surface area contributed by atoms with Gasteiger partial charge in [0.05, 0.1) is 12.6 Å². The van der Waals surface area contributed by atoms with Crippen LogP contribution in [0.1, 0.15) is 11.7 Å². The summed E-state index contributed by atoms with van der Waals surface area (Å²) in [5, 5.41) is 24.2. The van der Waals surface area contributed by atoms with E-state index in [1.54, 1.807) is 22.9 Å². The van der Waals surface area contributed by atoms with E-state index in [9.17, 15) is 10.2 Å². The molecule has 0 spiro atoms. The van der Waals surface area contributed by atoms with E-state index in [-0.39, 0.29) is 5.75 Å². The second kappa shape index (κ2) is 4.43. The first-order valence-corrected chi connectivity index (χ1v) is 6.74. The first kappa shape index (κ1) is 12.1. The molecule has 1 aliphatic heterocycles. The number of benzene rings is 2. The SMILES string of the molecule is Oc1cccc(-c2nc3n(n2)C[C@@H](O)c2ccccc2-3)c1. The predicted octanol–water partition coefficient (Wildman–Crippen LogP) is 2.36. The molecule has 5 nitrogen and oxygen atoms in total. The van der Waals surface area contributed by atoms with Crippen molar-refractivity contribution in [1.29, 1.82) is 0 Å². The highest BCUT2D eigenvalue weighted by Crippen LogP contribution is 2.34. The lowest BCUT2D eigenvalue weighted by Gasteiger charge is -2.21. The Morgan fingerprint density at radius 2 is 1.95 bits per heavy atom. The summed E-state index contributed by atoms with van der Waals surface area (Å²) in [6.07, 6.45) is -0.576. The molecule has 0 aliphatic carbocycles. The lowest BCUT2D eigenvalue weighted by atomic mass is 9.99. The van der Waals surface area contributed by atoms with Crippen LogP contribution in [0.2, 0.25) is 0 Å². The first-order valence-electron chi connectivity index (χ1n) is 6.74. The number of phenols is 1. The van der Waals surface area contributed by atoms with E-state index in [0.29, 0.717) is 12.4 Å². The standard InChI is InChI=1S/C16H13N3O2/c20-11-5-3-4-10(8-11)15-17-16-13-7-2-1-6-12(13)14(21)9-19(16)18-15/h1-8,14,20-21H,9H2/t14-/m1/s1. The van der Waals surface area contributed by atoms with Crippen LogP contribution in [0.25, 0.3) is 22.8 Å². The number of aliphatic hydroxyl groups excluding tert-OH is 1. The van der Waals surface area contributed by atoms with Gasteiger partial charge in [0.15, 0.2) is 11.6 Å². The van der Waals surface area contributed by atoms with Gasteiger partial charge in [-0.3, -0.25) is 0 Å². The Morgan fingerprint density at radius 1 is 1.10 bits per heavy atom. The van der Waals surface area contributed by atoms with Crippen LogP contribution in [0.4, 0.5) is 0 Å². The fraction of sp³-hybridized carbons (Fsp3) is 0.125. The van der Waals surface area contributed by atoms with Crippen molar-refractivity contribution < 1.29 is 10.2 Å². The van der Waals surface area contributed by atoms with Crippen LogP contribution >= 0.6 is 0 Å². The van der Waals surface area contributed by atoms with Crippen molar-refractivity contribution in [1.82, 2.24) is 14.8 Å². The van der Waals surface area contributed by atoms with Crippen LogP contribution in [-0.4, -0.2) is 25.0 Å². The number of aromatic nitrogens is 3. The largest absolute Gasteiger partial charge is 0.508 e. The molecule has 0 amide bonds. The average molecular weight is 279 g/mol. The van der Waals surface area contributed by atoms with E-state index >= 15 is 0 Å². The van der Waals surface area contributed by atoms with Crippen molar-refractivity contribution in [3.8, 4) is 28.5 Å². The second-order valence-corrected chi connectivity index (χ2v) is 5.09. The number of hydrogen-bond acceptors (Lipinski definition) is 4. The summed E-state index contributed by atoms with van der Waals surface area (Å²) in [6.45, 7) is 0.387. The number of rotatable bonds is 1. The van der Waals surface area contributed by atoms with Crippen LogP contribution in [0.3, 0.4) is 0 Å². The number of fused-ring (bicyclic) bond motifs is 3. The summed E-state index contributed by atoms with van der Waals surface area (Å²) >= 11 is 0. The van der Waals surface area contributed by atoms with Crippen molar-refractivity contribution in [3.63, 3.8) is 0 Å². The van der Waals surface area contributed by atoms with Gasteiger partial charge in [0.1, 0.15) is 5.75 Å². The molecular weight excluding hydrogens is 266 g/mol. The van der Waals surface area contributed by atoms with Crippen molar-refractivity contribution in [2.45, 2.75) is 12.6 Å². The molecule has 4 rings (SSSR count). The zero-order valence-electron chi connectivity index (χ0n) is 11.1. The topological polar surface area (TPSA) is 71.2 Å². The molecule has 0 bridgehead atoms. The van der Waals surface area contributed by atoms with E-state index in [1.807, 2.05) is 30.3 Å². The molecule has 1 aromatic heterocycles. The fourth-order valence-electron chi connectivity index (χ4n) is 2.69. The fourth-order valence-corrected chi connectivity index (χ4v) is 2.69. The molecule has 104 valence electrons. The second-order valence-electron chi connectivity index (χ2n) is 5.09. The molecule has 0 saturated carbocycles. The third-order valence-corrected chi connectivity index (χ3v) is 3.68. The van der Waals surface area contributed by atoms with Gasteiger partial charge in [0.2, 0.25) is 0 Å². The van der Waals surface area contributed by atoms with Gasteiger partial charge in [-0.2, -0.15) is 5.10 Å². The monoisotopic (exact) mass is 279 g/mol. The van der Waals surface area contributed by atoms with Crippen LogP contribution in [0.5, 0.6) is 5.75 Å². The Hall–Kier alpha value is -2.66. The van der Waals surface area contributed by atoms with Gasteiger partial charge in [0, 0.05) is 11.1 Å². The number of nitrogens with zero attached hydrogens (tertiary/aromatic N) is 3. The highest BCUT2D eigenvalue weighted by Gasteiger charge is 2.25. The molecule has 0 fully saturated rings. The van der Waals surface area contributed by atoms with E-state index in [0.717, 1.165) is 22.5 Å². The van der Waals surface area contributed by atoms with E-state index in [4.69, 9.17) is 0 Å². The number of hydrogen-bond donors (Lipinski definition) is 2. The molecule has 0 saturated heterocycles. The lowest BCUT2D eigenvalue weighted by molar-refractivity contribution is 0.148. The summed E-state index contributed by atoms with van der Waals surface area (Å²) < 4.78 is 1.71. The molecule has 2 aromatic carbocycles. The van der Waals surface area contributed by atoms with Crippen molar-refractivity contribution in [2.75, 3.05) is 0 Å². The summed E-state index contributed by atoms with van der Waals surface area (Å²) in [6, 6.07) is 14.5. The summed E-state index contributed by atoms with van der Waals surface area (Å²) in [5.74, 6) is 1.47. The highest BCUT2D eigenvalue weighted by atomic mass is 16.3. The van der Waals surface area contributed by atoms with E-state index in [2.05, 4.69) is 10.1 Å². The van der Waals surface area contributed by atoms with Crippen LogP contribution in [0.15, 0.2) is 48.5 Å². The maximum atomic E-state index is 10.2. The van der Waals surface area contributed by atoms with Crippen molar-refractivity contribution >= 4 is 0 Å². The third-order valence-electron chi connectivity index (χ3n) is 3.68. The Bertz CT molecular complexity index is 826. The Balaban J connectivity index is 1.88. The van der Waals surface area contributed by atoms with Gasteiger partial charge < -0.3 is 10.2 Å². The molecule has 2 heterocycles. The summed E-state index contributed by atoms with van der Waals surface area (Å²) in [7, 11) is 0. The van der Waals surface area contributed by atoms with Crippen LogP contribution in [0, 0.1) is 0 Å². The maximum absolute atomic E-state index is 10.2. The van der Waals surface area contributed by atoms with Crippen molar-refractivity contribution in [3.05, 3.63) is 54.1 Å². The average Bonchev–Trinajstić information content (AvgIpc) is 2.92. The Morgan fingerprint density at radius 3 is 2.81 bits per heavy atom. The van der Waals surface area contributed by atoms with Crippen LogP contribution < -0.4 is 0 Å². The molecule has 21 heavy (non-hydrogen) atoms. The molecule has 0 radical (unpaired) electrons. The van der Waals surface area contributed by atoms with Gasteiger partial charge in [0.25, 0.3) is 0 Å². The van der Waals surface area contributed by atoms with Gasteiger partial charge in [-0.15, -0.1) is 0 Å². The number of phenolic OH excluding ortho intramolecular Hbond substituents is 1. The molecule has 1 atom stereocenters. The van der Waals surface area contributed by atoms with Crippen molar-refractivity contribution in [2.24, 2.45) is 0 Å². The van der Waals surface area contributed by atoms with Gasteiger partial charge in [-0.05, 0) is 17.7 Å². The van der Waals surface area contributed by atoms with E-state index < -0.39 is 6.10 Å². The Labute approximate surface area is 121 Å². The zero-order valence-corrected chi connectivity index (χ0v) is 11.1. The lowest BCUT2D eigenvalue weighted by Crippen LogP contribution is -2.17. The van der Waals surface area contributed by atoms with E-state index in [1.165, 1.54) is 0 Å². The minimum atomic E-state index is -0.576. The molecule has 5 heteroatoms. The molecule has 3 aromatic rings. The zero-order chi connectivity index (χ0) is 14.4. The maximum Gasteiger partial charge on any atom is 0.181 e. The molecule has 1 aliphatic rings. The quantitative estimate of drug-likeness (QED) is 0.717. The summed E-state index contributed by atoms with van der Waals surface area (Å²) in [4.78, 5) is 4.57. The predicted molar refractivity (Wildman–Crippen MR) is 77.5 cm³/mol.